The number of thiophene rings is 1. The number of hydrogen-bond acceptors (Lipinski definition) is 8. The fourth-order valence-corrected chi connectivity index (χ4v) is 4.44. The lowest BCUT2D eigenvalue weighted by atomic mass is 10.1. The molecule has 9 heteroatoms. The summed E-state index contributed by atoms with van der Waals surface area (Å²) in [5.74, 6) is 1.15. The van der Waals surface area contributed by atoms with Gasteiger partial charge >= 0.3 is 0 Å². The molecule has 2 saturated heterocycles. The maximum absolute atomic E-state index is 12.3. The molecule has 8 nitrogen and oxygen atoms in total. The number of fused-ring (bicyclic) bond motifs is 1. The number of hydrogen-bond donors (Lipinski definition) is 2. The number of amides is 1. The zero-order valence-corrected chi connectivity index (χ0v) is 16.3. The van der Waals surface area contributed by atoms with Crippen LogP contribution < -0.4 is 10.6 Å². The first-order valence-electron chi connectivity index (χ1n) is 9.45. The molecule has 5 heterocycles. The van der Waals surface area contributed by atoms with Gasteiger partial charge in [0.1, 0.15) is 17.9 Å². The molecule has 3 aromatic heterocycles. The zero-order valence-electron chi connectivity index (χ0n) is 15.5. The fourth-order valence-electron chi connectivity index (χ4n) is 3.73. The number of rotatable bonds is 6. The van der Waals surface area contributed by atoms with Crippen LogP contribution in [0.5, 0.6) is 0 Å². The minimum absolute atomic E-state index is 0.0174. The number of ether oxygens (including phenoxy) is 2. The van der Waals surface area contributed by atoms with Gasteiger partial charge in [-0.2, -0.15) is 0 Å². The summed E-state index contributed by atoms with van der Waals surface area (Å²) in [6.07, 6.45) is 3.31. The molecule has 0 saturated carbocycles. The normalized spacial score (nSPS) is 25.7. The van der Waals surface area contributed by atoms with E-state index in [1.54, 1.807) is 29.9 Å². The van der Waals surface area contributed by atoms with Crippen LogP contribution >= 0.6 is 11.3 Å². The lowest BCUT2D eigenvalue weighted by Gasteiger charge is -2.18. The lowest BCUT2D eigenvalue weighted by molar-refractivity contribution is -0.121. The Balaban J connectivity index is 1.20. The topological polar surface area (TPSA) is 98.5 Å². The third-order valence-electron chi connectivity index (χ3n) is 5.06. The highest BCUT2D eigenvalue weighted by Crippen LogP contribution is 2.29. The van der Waals surface area contributed by atoms with E-state index in [0.29, 0.717) is 37.0 Å². The highest BCUT2D eigenvalue weighted by molar-refractivity contribution is 7.10. The molecule has 29 heavy (non-hydrogen) atoms. The Bertz CT molecular complexity index is 963. The maximum atomic E-state index is 12.3. The number of furan rings is 1. The standard InChI is InChI=1S/C20H20N4O4S/c25-17(9-12-3-2-8-29-12)22-14-10-27-19-15(11-28-18(14)19)24-20-21-6-5-13(23-20)16-4-1-7-26-16/h1-8,14-15,18-19H,9-11H2,(H,22,25)(H,21,23,24)/t14-,15-,18+,19+/m0/s1. The molecule has 2 aliphatic rings. The van der Waals surface area contributed by atoms with Gasteiger partial charge in [-0.15, -0.1) is 11.3 Å². The molecular weight excluding hydrogens is 392 g/mol. The summed E-state index contributed by atoms with van der Waals surface area (Å²) in [4.78, 5) is 22.2. The van der Waals surface area contributed by atoms with E-state index < -0.39 is 0 Å². The third kappa shape index (κ3) is 3.89. The number of carbonyl (C=O) groups excluding carboxylic acids is 1. The summed E-state index contributed by atoms with van der Waals surface area (Å²) in [6, 6.07) is 9.12. The van der Waals surface area contributed by atoms with E-state index in [4.69, 9.17) is 13.9 Å². The first-order chi connectivity index (χ1) is 14.3. The van der Waals surface area contributed by atoms with E-state index in [9.17, 15) is 4.79 Å². The molecule has 0 radical (unpaired) electrons. The Morgan fingerprint density at radius 2 is 2.00 bits per heavy atom. The number of aromatic nitrogens is 2. The van der Waals surface area contributed by atoms with Crippen molar-refractivity contribution in [2.75, 3.05) is 18.5 Å². The van der Waals surface area contributed by atoms with Crippen molar-refractivity contribution in [1.82, 2.24) is 15.3 Å². The van der Waals surface area contributed by atoms with Crippen molar-refractivity contribution >= 4 is 23.2 Å². The second kappa shape index (κ2) is 7.94. The highest BCUT2D eigenvalue weighted by atomic mass is 32.1. The first kappa shape index (κ1) is 18.3. The molecule has 0 spiro atoms. The van der Waals surface area contributed by atoms with Crippen LogP contribution in [0.15, 0.2) is 52.6 Å². The van der Waals surface area contributed by atoms with Crippen molar-refractivity contribution in [2.24, 2.45) is 0 Å². The van der Waals surface area contributed by atoms with Gasteiger partial charge in [-0.25, -0.2) is 9.97 Å². The largest absolute Gasteiger partial charge is 0.463 e. The van der Waals surface area contributed by atoms with Crippen LogP contribution in [-0.4, -0.2) is 53.4 Å². The Morgan fingerprint density at radius 1 is 1.14 bits per heavy atom. The summed E-state index contributed by atoms with van der Waals surface area (Å²) in [5.41, 5.74) is 0.703. The van der Waals surface area contributed by atoms with Crippen LogP contribution in [0, 0.1) is 0 Å². The smallest absolute Gasteiger partial charge is 0.225 e. The van der Waals surface area contributed by atoms with E-state index in [1.807, 2.05) is 29.6 Å². The second-order valence-corrected chi connectivity index (χ2v) is 8.05. The number of carbonyl (C=O) groups is 1. The molecule has 2 aliphatic heterocycles. The van der Waals surface area contributed by atoms with Gasteiger partial charge in [-0.05, 0) is 29.6 Å². The molecule has 2 fully saturated rings. The van der Waals surface area contributed by atoms with Crippen molar-refractivity contribution < 1.29 is 18.7 Å². The minimum atomic E-state index is -0.187. The van der Waals surface area contributed by atoms with Crippen LogP contribution in [0.2, 0.25) is 0 Å². The molecule has 1 amide bonds. The Hall–Kier alpha value is -2.75. The SMILES string of the molecule is O=C(Cc1cccs1)N[C@H]1CO[C@H]2[C@@H]1OC[C@@H]2Nc1nccc(-c2ccco2)n1. The highest BCUT2D eigenvalue weighted by Gasteiger charge is 2.48. The van der Waals surface area contributed by atoms with Crippen molar-refractivity contribution in [1.29, 1.82) is 0 Å². The summed E-state index contributed by atoms with van der Waals surface area (Å²) in [7, 11) is 0. The molecular formula is C20H20N4O4S. The van der Waals surface area contributed by atoms with Gasteiger partial charge in [0.15, 0.2) is 5.76 Å². The number of anilines is 1. The van der Waals surface area contributed by atoms with Crippen molar-refractivity contribution in [3.8, 4) is 11.5 Å². The maximum Gasteiger partial charge on any atom is 0.225 e. The summed E-state index contributed by atoms with van der Waals surface area (Å²) >= 11 is 1.58. The molecule has 3 aromatic rings. The molecule has 0 aromatic carbocycles. The number of nitrogens with one attached hydrogen (secondary N) is 2. The number of nitrogens with zero attached hydrogens (tertiary/aromatic N) is 2. The zero-order chi connectivity index (χ0) is 19.6. The molecule has 5 rings (SSSR count). The summed E-state index contributed by atoms with van der Waals surface area (Å²) in [5, 5.41) is 8.32. The Morgan fingerprint density at radius 3 is 2.79 bits per heavy atom. The van der Waals surface area contributed by atoms with E-state index >= 15 is 0 Å². The Kier molecular flexibility index (Phi) is 5.01. The first-order valence-corrected chi connectivity index (χ1v) is 10.3. The Labute approximate surface area is 171 Å². The van der Waals surface area contributed by atoms with Gasteiger partial charge in [0.2, 0.25) is 11.9 Å². The van der Waals surface area contributed by atoms with Crippen LogP contribution in [-0.2, 0) is 20.7 Å². The predicted octanol–water partition coefficient (Wildman–Crippen LogP) is 2.10. The molecule has 150 valence electrons. The van der Waals surface area contributed by atoms with Gasteiger partial charge in [0, 0.05) is 11.1 Å². The minimum Gasteiger partial charge on any atom is -0.463 e. The average molecular weight is 412 g/mol. The summed E-state index contributed by atoms with van der Waals surface area (Å²) < 4.78 is 17.3. The van der Waals surface area contributed by atoms with E-state index in [0.717, 1.165) is 4.88 Å². The van der Waals surface area contributed by atoms with Gasteiger partial charge in [0.05, 0.1) is 38.0 Å². The van der Waals surface area contributed by atoms with Crippen LogP contribution in [0.25, 0.3) is 11.5 Å². The van der Waals surface area contributed by atoms with Crippen molar-refractivity contribution in [2.45, 2.75) is 30.7 Å². The quantitative estimate of drug-likeness (QED) is 0.640. The summed E-state index contributed by atoms with van der Waals surface area (Å²) in [6.45, 7) is 0.887. The third-order valence-corrected chi connectivity index (χ3v) is 5.93. The molecule has 0 unspecified atom stereocenters. The molecule has 0 aliphatic carbocycles. The van der Waals surface area contributed by atoms with E-state index in [2.05, 4.69) is 20.6 Å². The fraction of sp³-hybridized carbons (Fsp3) is 0.350. The predicted molar refractivity (Wildman–Crippen MR) is 107 cm³/mol. The van der Waals surface area contributed by atoms with Gasteiger partial charge in [-0.3, -0.25) is 4.79 Å². The van der Waals surface area contributed by atoms with Crippen LogP contribution in [0.1, 0.15) is 4.88 Å². The van der Waals surface area contributed by atoms with Crippen molar-refractivity contribution in [3.05, 3.63) is 53.0 Å². The van der Waals surface area contributed by atoms with E-state index in [-0.39, 0.29) is 30.2 Å². The van der Waals surface area contributed by atoms with Gasteiger partial charge in [-0.1, -0.05) is 6.07 Å². The molecule has 2 N–H and O–H groups in total. The van der Waals surface area contributed by atoms with E-state index in [1.165, 1.54) is 0 Å². The van der Waals surface area contributed by atoms with Crippen LogP contribution in [0.4, 0.5) is 5.95 Å². The van der Waals surface area contributed by atoms with Crippen molar-refractivity contribution in [3.63, 3.8) is 0 Å². The molecule has 0 bridgehead atoms. The second-order valence-electron chi connectivity index (χ2n) is 7.02. The average Bonchev–Trinajstić information content (AvgIpc) is 3.50. The van der Waals surface area contributed by atoms with Gasteiger partial charge < -0.3 is 24.5 Å². The molecule has 4 atom stereocenters. The van der Waals surface area contributed by atoms with Gasteiger partial charge in [0.25, 0.3) is 0 Å². The monoisotopic (exact) mass is 412 g/mol. The lowest BCUT2D eigenvalue weighted by Crippen LogP contribution is -2.45. The van der Waals surface area contributed by atoms with Crippen LogP contribution in [0.3, 0.4) is 0 Å².